The van der Waals surface area contributed by atoms with Crippen molar-refractivity contribution < 1.29 is 0 Å². The fourth-order valence-corrected chi connectivity index (χ4v) is 0.515. The summed E-state index contributed by atoms with van der Waals surface area (Å²) in [6.07, 6.45) is 3.92. The first-order valence-corrected chi connectivity index (χ1v) is 3.25. The van der Waals surface area contributed by atoms with Crippen molar-refractivity contribution >= 4 is 6.72 Å². The maximum Gasteiger partial charge on any atom is 0.0534 e. The standard InChI is InChI=1S/C8H14N2/c1-4-7(2)5-8(6-9)10-3/h4-5H,3,6,9H2,1-2H3/b7-4-,8-5-. The molecule has 0 aromatic carbocycles. The SMILES string of the molecule is C=N/C(=C\C(C)=C/C)CN. The smallest absolute Gasteiger partial charge is 0.0534 e. The Balaban J connectivity index is 4.24. The molecule has 2 N–H and O–H groups in total. The molecule has 0 rings (SSSR count). The Morgan fingerprint density at radius 2 is 2.30 bits per heavy atom. The van der Waals surface area contributed by atoms with E-state index in [1.807, 2.05) is 26.0 Å². The van der Waals surface area contributed by atoms with Gasteiger partial charge in [-0.25, -0.2) is 0 Å². The molecule has 0 aliphatic heterocycles. The highest BCUT2D eigenvalue weighted by Gasteiger charge is 1.86. The quantitative estimate of drug-likeness (QED) is 0.465. The van der Waals surface area contributed by atoms with Crippen LogP contribution in [0.15, 0.2) is 28.4 Å². The van der Waals surface area contributed by atoms with Crippen molar-refractivity contribution in [2.75, 3.05) is 6.54 Å². The molecule has 0 heterocycles. The van der Waals surface area contributed by atoms with E-state index in [1.165, 1.54) is 0 Å². The molecule has 2 nitrogen and oxygen atoms in total. The van der Waals surface area contributed by atoms with Gasteiger partial charge in [-0.2, -0.15) is 0 Å². The Bertz CT molecular complexity index is 166. The Labute approximate surface area is 62.1 Å². The zero-order valence-corrected chi connectivity index (χ0v) is 6.59. The molecule has 0 saturated carbocycles. The summed E-state index contributed by atoms with van der Waals surface area (Å²) in [5.74, 6) is 0. The average Bonchev–Trinajstić information content (AvgIpc) is 1.99. The third-order valence-corrected chi connectivity index (χ3v) is 1.26. The molecule has 0 atom stereocenters. The van der Waals surface area contributed by atoms with Crippen molar-refractivity contribution in [2.45, 2.75) is 13.8 Å². The van der Waals surface area contributed by atoms with Crippen molar-refractivity contribution in [1.82, 2.24) is 0 Å². The van der Waals surface area contributed by atoms with E-state index in [1.54, 1.807) is 0 Å². The van der Waals surface area contributed by atoms with Crippen LogP contribution in [0, 0.1) is 0 Å². The Morgan fingerprint density at radius 3 is 2.60 bits per heavy atom. The van der Waals surface area contributed by atoms with Gasteiger partial charge in [0.1, 0.15) is 0 Å². The lowest BCUT2D eigenvalue weighted by molar-refractivity contribution is 1.11. The molecule has 10 heavy (non-hydrogen) atoms. The Hall–Kier alpha value is -0.890. The molecule has 0 bridgehead atoms. The number of hydrogen-bond donors (Lipinski definition) is 1. The molecule has 2 heteroatoms. The van der Waals surface area contributed by atoms with E-state index in [0.717, 1.165) is 11.3 Å². The van der Waals surface area contributed by atoms with Crippen LogP contribution in [0.3, 0.4) is 0 Å². The predicted octanol–water partition coefficient (Wildman–Crippen LogP) is 1.50. The summed E-state index contributed by atoms with van der Waals surface area (Å²) >= 11 is 0. The van der Waals surface area contributed by atoms with Crippen molar-refractivity contribution in [1.29, 1.82) is 0 Å². The number of nitrogens with zero attached hydrogens (tertiary/aromatic N) is 1. The molecular weight excluding hydrogens is 124 g/mol. The van der Waals surface area contributed by atoms with Crippen LogP contribution >= 0.6 is 0 Å². The van der Waals surface area contributed by atoms with Crippen LogP contribution in [0.1, 0.15) is 13.8 Å². The van der Waals surface area contributed by atoms with Gasteiger partial charge in [-0.15, -0.1) is 0 Å². The van der Waals surface area contributed by atoms with Crippen LogP contribution in [0.2, 0.25) is 0 Å². The van der Waals surface area contributed by atoms with E-state index in [2.05, 4.69) is 11.7 Å². The first kappa shape index (κ1) is 9.11. The van der Waals surface area contributed by atoms with Gasteiger partial charge >= 0.3 is 0 Å². The van der Waals surface area contributed by atoms with E-state index in [9.17, 15) is 0 Å². The molecule has 0 aliphatic carbocycles. The topological polar surface area (TPSA) is 38.4 Å². The van der Waals surface area contributed by atoms with Gasteiger partial charge in [0.15, 0.2) is 0 Å². The lowest BCUT2D eigenvalue weighted by atomic mass is 10.2. The molecular formula is C8H14N2. The summed E-state index contributed by atoms with van der Waals surface area (Å²) in [7, 11) is 0. The van der Waals surface area contributed by atoms with Gasteiger partial charge in [0.25, 0.3) is 0 Å². The van der Waals surface area contributed by atoms with E-state index >= 15 is 0 Å². The number of allylic oxidation sites excluding steroid dienone is 3. The van der Waals surface area contributed by atoms with E-state index in [4.69, 9.17) is 5.73 Å². The van der Waals surface area contributed by atoms with E-state index in [-0.39, 0.29) is 0 Å². The monoisotopic (exact) mass is 138 g/mol. The van der Waals surface area contributed by atoms with Crippen LogP contribution in [0.25, 0.3) is 0 Å². The number of aliphatic imine (C=N–C) groups is 1. The second-order valence-electron chi connectivity index (χ2n) is 2.03. The second kappa shape index (κ2) is 4.94. The third-order valence-electron chi connectivity index (χ3n) is 1.26. The summed E-state index contributed by atoms with van der Waals surface area (Å²) < 4.78 is 0. The number of rotatable bonds is 3. The second-order valence-corrected chi connectivity index (χ2v) is 2.03. The molecule has 0 aliphatic rings. The summed E-state index contributed by atoms with van der Waals surface area (Å²) in [6.45, 7) is 7.82. The van der Waals surface area contributed by atoms with Crippen molar-refractivity contribution in [3.05, 3.63) is 23.4 Å². The van der Waals surface area contributed by atoms with Gasteiger partial charge in [0, 0.05) is 6.54 Å². The predicted molar refractivity (Wildman–Crippen MR) is 46.1 cm³/mol. The first-order valence-electron chi connectivity index (χ1n) is 3.25. The van der Waals surface area contributed by atoms with Crippen LogP contribution < -0.4 is 5.73 Å². The highest BCUT2D eigenvalue weighted by atomic mass is 14.7. The molecule has 0 amide bonds. The Morgan fingerprint density at radius 1 is 1.70 bits per heavy atom. The van der Waals surface area contributed by atoms with E-state index in [0.29, 0.717) is 6.54 Å². The largest absolute Gasteiger partial charge is 0.325 e. The lowest BCUT2D eigenvalue weighted by Gasteiger charge is -1.94. The lowest BCUT2D eigenvalue weighted by Crippen LogP contribution is -2.00. The zero-order chi connectivity index (χ0) is 7.98. The average molecular weight is 138 g/mol. The minimum absolute atomic E-state index is 0.453. The van der Waals surface area contributed by atoms with Gasteiger partial charge in [-0.1, -0.05) is 11.6 Å². The number of hydrogen-bond acceptors (Lipinski definition) is 2. The van der Waals surface area contributed by atoms with Crippen LogP contribution in [0.4, 0.5) is 0 Å². The molecule has 0 aromatic heterocycles. The summed E-state index contributed by atoms with van der Waals surface area (Å²) in [6, 6.07) is 0. The maximum atomic E-state index is 5.36. The fraction of sp³-hybridized carbons (Fsp3) is 0.375. The van der Waals surface area contributed by atoms with E-state index < -0.39 is 0 Å². The minimum Gasteiger partial charge on any atom is -0.325 e. The first-order chi connectivity index (χ1) is 4.74. The highest BCUT2D eigenvalue weighted by molar-refractivity contribution is 5.32. The van der Waals surface area contributed by atoms with Gasteiger partial charge in [0.2, 0.25) is 0 Å². The molecule has 0 aromatic rings. The van der Waals surface area contributed by atoms with Crippen molar-refractivity contribution in [2.24, 2.45) is 10.7 Å². The van der Waals surface area contributed by atoms with Gasteiger partial charge in [0.05, 0.1) is 5.70 Å². The summed E-state index contributed by atoms with van der Waals surface area (Å²) in [4.78, 5) is 3.74. The fourth-order valence-electron chi connectivity index (χ4n) is 0.515. The highest BCUT2D eigenvalue weighted by Crippen LogP contribution is 2.00. The van der Waals surface area contributed by atoms with Gasteiger partial charge < -0.3 is 5.73 Å². The van der Waals surface area contributed by atoms with Crippen LogP contribution in [0.5, 0.6) is 0 Å². The molecule has 0 saturated heterocycles. The van der Waals surface area contributed by atoms with Crippen LogP contribution in [-0.4, -0.2) is 13.3 Å². The molecule has 0 radical (unpaired) electrons. The maximum absolute atomic E-state index is 5.36. The Kier molecular flexibility index (Phi) is 4.50. The van der Waals surface area contributed by atoms with Crippen LogP contribution in [-0.2, 0) is 0 Å². The number of nitrogens with two attached hydrogens (primary N) is 1. The minimum atomic E-state index is 0.453. The molecule has 0 unspecified atom stereocenters. The van der Waals surface area contributed by atoms with Crippen molar-refractivity contribution in [3.8, 4) is 0 Å². The summed E-state index contributed by atoms with van der Waals surface area (Å²) in [5.41, 5.74) is 7.35. The summed E-state index contributed by atoms with van der Waals surface area (Å²) in [5, 5.41) is 0. The third kappa shape index (κ3) is 3.20. The normalized spacial score (nSPS) is 13.5. The molecule has 0 spiro atoms. The zero-order valence-electron chi connectivity index (χ0n) is 6.59. The molecule has 0 fully saturated rings. The van der Waals surface area contributed by atoms with Gasteiger partial charge in [-0.05, 0) is 26.6 Å². The van der Waals surface area contributed by atoms with Gasteiger partial charge in [-0.3, -0.25) is 4.99 Å². The molecule has 56 valence electrons. The van der Waals surface area contributed by atoms with Crippen molar-refractivity contribution in [3.63, 3.8) is 0 Å².